The molecule has 0 amide bonds. The molecular weight excluding hydrogens is 633 g/mol. The summed E-state index contributed by atoms with van der Waals surface area (Å²) in [4.78, 5) is 5.38. The van der Waals surface area contributed by atoms with Gasteiger partial charge in [0.05, 0.1) is 22.3 Å². The van der Waals surface area contributed by atoms with Crippen LogP contribution in [0.3, 0.4) is 0 Å². The molecule has 8 aromatic rings. The van der Waals surface area contributed by atoms with Crippen molar-refractivity contribution in [2.24, 2.45) is 0 Å². The minimum absolute atomic E-state index is 0.284. The lowest BCUT2D eigenvalue weighted by atomic mass is 9.87. The Labute approximate surface area is 308 Å². The molecule has 0 fully saturated rings. The van der Waals surface area contributed by atoms with Gasteiger partial charge in [0.25, 0.3) is 0 Å². The first-order chi connectivity index (χ1) is 25.1. The third-order valence-electron chi connectivity index (χ3n) is 10.8. The second kappa shape index (κ2) is 13.3. The number of aromatic nitrogens is 2. The van der Waals surface area contributed by atoms with Crippen LogP contribution < -0.4 is 0 Å². The van der Waals surface area contributed by atoms with Gasteiger partial charge in [0, 0.05) is 10.8 Å². The maximum atomic E-state index is 6.85. The number of nitrogens with zero attached hydrogens (tertiary/aromatic N) is 2. The van der Waals surface area contributed by atoms with Gasteiger partial charge in [0.1, 0.15) is 17.0 Å². The Bertz CT molecular complexity index is 2530. The van der Waals surface area contributed by atoms with Gasteiger partial charge in [-0.05, 0) is 111 Å². The first-order valence-corrected chi connectivity index (χ1v) is 18.9. The average Bonchev–Trinajstić information content (AvgIpc) is 3.72. The topological polar surface area (TPSA) is 31.0 Å². The predicted octanol–water partition coefficient (Wildman–Crippen LogP) is 14.4. The van der Waals surface area contributed by atoms with Crippen LogP contribution in [0.25, 0.3) is 72.3 Å². The molecule has 52 heavy (non-hydrogen) atoms. The Hall–Kier alpha value is -5.41. The van der Waals surface area contributed by atoms with Crippen LogP contribution in [0.2, 0.25) is 0 Å². The van der Waals surface area contributed by atoms with Gasteiger partial charge in [0.15, 0.2) is 0 Å². The van der Waals surface area contributed by atoms with Crippen molar-refractivity contribution < 1.29 is 4.42 Å². The minimum Gasteiger partial charge on any atom is -0.455 e. The van der Waals surface area contributed by atoms with Crippen molar-refractivity contribution in [1.29, 1.82) is 0 Å². The summed E-state index contributed by atoms with van der Waals surface area (Å²) in [6.07, 6.45) is 0. The van der Waals surface area contributed by atoms with Gasteiger partial charge in [0.2, 0.25) is 0 Å². The van der Waals surface area contributed by atoms with Crippen LogP contribution in [-0.4, -0.2) is 9.55 Å². The molecule has 0 aliphatic heterocycles. The molecule has 0 saturated carbocycles. The highest BCUT2D eigenvalue weighted by molar-refractivity contribution is 6.10. The molecule has 0 aliphatic carbocycles. The molecule has 2 aromatic heterocycles. The van der Waals surface area contributed by atoms with Crippen molar-refractivity contribution in [1.82, 2.24) is 9.55 Å². The molecule has 0 N–H and O–H groups in total. The van der Waals surface area contributed by atoms with E-state index in [9.17, 15) is 0 Å². The first-order valence-electron chi connectivity index (χ1n) is 18.9. The number of furan rings is 1. The Morgan fingerprint density at radius 1 is 0.500 bits per heavy atom. The van der Waals surface area contributed by atoms with E-state index in [0.29, 0.717) is 11.8 Å². The van der Waals surface area contributed by atoms with Crippen LogP contribution in [0, 0.1) is 0 Å². The van der Waals surface area contributed by atoms with Crippen LogP contribution in [0.1, 0.15) is 101 Å². The van der Waals surface area contributed by atoms with Gasteiger partial charge in [-0.1, -0.05) is 134 Å². The van der Waals surface area contributed by atoms with Crippen LogP contribution in [0.5, 0.6) is 0 Å². The highest BCUT2D eigenvalue weighted by atomic mass is 16.3. The third-order valence-corrected chi connectivity index (χ3v) is 10.8. The van der Waals surface area contributed by atoms with Gasteiger partial charge in [-0.25, -0.2) is 4.98 Å². The summed E-state index contributed by atoms with van der Waals surface area (Å²) in [5, 5.41) is 2.21. The molecule has 260 valence electrons. The molecular formula is C49H48N2O. The monoisotopic (exact) mass is 680 g/mol. The summed E-state index contributed by atoms with van der Waals surface area (Å²) in [6, 6.07) is 44.5. The number of imidazole rings is 1. The lowest BCUT2D eigenvalue weighted by Gasteiger charge is -2.24. The van der Waals surface area contributed by atoms with Crippen LogP contribution in [0.4, 0.5) is 0 Å². The van der Waals surface area contributed by atoms with Crippen molar-refractivity contribution >= 4 is 33.0 Å². The van der Waals surface area contributed by atoms with Crippen molar-refractivity contribution in [2.75, 3.05) is 0 Å². The van der Waals surface area contributed by atoms with Gasteiger partial charge in [-0.15, -0.1) is 0 Å². The molecule has 0 radical (unpaired) electrons. The van der Waals surface area contributed by atoms with E-state index in [1.165, 1.54) is 44.6 Å². The fourth-order valence-electron chi connectivity index (χ4n) is 7.69. The van der Waals surface area contributed by atoms with E-state index in [1.54, 1.807) is 0 Å². The maximum absolute atomic E-state index is 6.85. The highest BCUT2D eigenvalue weighted by Gasteiger charge is 2.25. The van der Waals surface area contributed by atoms with Crippen molar-refractivity contribution in [2.45, 2.75) is 79.1 Å². The molecule has 0 unspecified atom stereocenters. The molecule has 0 saturated heterocycles. The second-order valence-electron chi connectivity index (χ2n) is 15.6. The summed E-state index contributed by atoms with van der Waals surface area (Å²) in [5.74, 6) is 2.47. The Morgan fingerprint density at radius 3 is 1.67 bits per heavy atom. The zero-order valence-corrected chi connectivity index (χ0v) is 31.7. The minimum atomic E-state index is 0.284. The maximum Gasteiger partial charge on any atom is 0.149 e. The largest absolute Gasteiger partial charge is 0.455 e. The van der Waals surface area contributed by atoms with E-state index in [-0.39, 0.29) is 11.8 Å². The quantitative estimate of drug-likeness (QED) is 0.160. The molecule has 0 spiro atoms. The van der Waals surface area contributed by atoms with E-state index in [4.69, 9.17) is 9.40 Å². The number of rotatable bonds is 8. The fourth-order valence-corrected chi connectivity index (χ4v) is 7.69. The summed E-state index contributed by atoms with van der Waals surface area (Å²) in [6.45, 7) is 18.2. The summed E-state index contributed by atoms with van der Waals surface area (Å²) in [7, 11) is 0. The standard InChI is InChI=1S/C49H48N2O/c1-29(2)33-16-20-35(21-17-33)37-24-25-39-40-12-11-13-41(48(40)52-46(39)28-37)49-50-44-14-9-10-15-45(44)51(49)47-42(31(5)6)26-38(27-43(47)32(7)8)36-22-18-34(19-23-36)30(3)4/h9-32H,1-8H3. The summed E-state index contributed by atoms with van der Waals surface area (Å²) < 4.78 is 9.27. The molecule has 2 heterocycles. The van der Waals surface area contributed by atoms with E-state index < -0.39 is 0 Å². The average molecular weight is 681 g/mol. The van der Waals surface area contributed by atoms with Crippen LogP contribution >= 0.6 is 0 Å². The fraction of sp³-hybridized carbons (Fsp3) is 0.245. The summed E-state index contributed by atoms with van der Waals surface area (Å²) in [5.41, 5.74) is 16.2. The van der Waals surface area contributed by atoms with E-state index in [2.05, 4.69) is 181 Å². The molecule has 3 heteroatoms. The Morgan fingerprint density at radius 2 is 1.08 bits per heavy atom. The lowest BCUT2D eigenvalue weighted by molar-refractivity contribution is 0.669. The second-order valence-corrected chi connectivity index (χ2v) is 15.6. The Kier molecular flexibility index (Phi) is 8.62. The molecule has 0 aliphatic rings. The zero-order chi connectivity index (χ0) is 36.3. The number of hydrogen-bond acceptors (Lipinski definition) is 2. The summed E-state index contributed by atoms with van der Waals surface area (Å²) >= 11 is 0. The van der Waals surface area contributed by atoms with Gasteiger partial charge >= 0.3 is 0 Å². The molecule has 0 atom stereocenters. The Balaban J connectivity index is 1.34. The molecule has 8 rings (SSSR count). The lowest BCUT2D eigenvalue weighted by Crippen LogP contribution is -2.09. The molecule has 3 nitrogen and oxygen atoms in total. The SMILES string of the molecule is CC(C)c1ccc(-c2cc(C(C)C)c(-n3c(-c4cccc5c4oc4cc(-c6ccc(C(C)C)cc6)ccc45)nc4ccccc43)c(C(C)C)c2)cc1. The van der Waals surface area contributed by atoms with Crippen LogP contribution in [0.15, 0.2) is 126 Å². The molecule has 0 bridgehead atoms. The number of fused-ring (bicyclic) bond motifs is 4. The van der Waals surface area contributed by atoms with Crippen molar-refractivity contribution in [3.8, 4) is 39.3 Å². The third kappa shape index (κ3) is 5.83. The number of hydrogen-bond donors (Lipinski definition) is 0. The predicted molar refractivity (Wildman–Crippen MR) is 221 cm³/mol. The van der Waals surface area contributed by atoms with E-state index in [0.717, 1.165) is 49.9 Å². The van der Waals surface area contributed by atoms with Gasteiger partial charge < -0.3 is 4.42 Å². The normalized spacial score (nSPS) is 12.2. The highest BCUT2D eigenvalue weighted by Crippen LogP contribution is 2.43. The smallest absolute Gasteiger partial charge is 0.149 e. The zero-order valence-electron chi connectivity index (χ0n) is 31.7. The number of para-hydroxylation sites is 3. The van der Waals surface area contributed by atoms with Crippen LogP contribution in [-0.2, 0) is 0 Å². The van der Waals surface area contributed by atoms with E-state index >= 15 is 0 Å². The van der Waals surface area contributed by atoms with Gasteiger partial charge in [-0.3, -0.25) is 4.57 Å². The first kappa shape index (κ1) is 33.7. The van der Waals surface area contributed by atoms with Gasteiger partial charge in [-0.2, -0.15) is 0 Å². The number of benzene rings is 6. The van der Waals surface area contributed by atoms with Crippen molar-refractivity contribution in [3.05, 3.63) is 144 Å². The molecule has 6 aromatic carbocycles. The van der Waals surface area contributed by atoms with E-state index in [1.807, 2.05) is 0 Å². The van der Waals surface area contributed by atoms with Crippen molar-refractivity contribution in [3.63, 3.8) is 0 Å².